The van der Waals surface area contributed by atoms with Crippen LogP contribution in [0.2, 0.25) is 0 Å². The Bertz CT molecular complexity index is 1480. The zero-order valence-electron chi connectivity index (χ0n) is 21.9. The summed E-state index contributed by atoms with van der Waals surface area (Å²) in [5, 5.41) is 0. The molecule has 0 aromatic heterocycles. The summed E-state index contributed by atoms with van der Waals surface area (Å²) < 4.78 is 5.55. The van der Waals surface area contributed by atoms with Crippen molar-refractivity contribution in [3.05, 3.63) is 117 Å². The molecule has 0 N–H and O–H groups in total. The Hall–Kier alpha value is -3.92. The molecular formula is C32H32N2O2. The SMILES string of the molecule is CC1=C(C2=Nc3ccccc3C2)C(=O)OC1=CC=CC=CC=C1Cc2c(C)c(C)c(C)c(C)c2N1C. The molecule has 3 heterocycles. The van der Waals surface area contributed by atoms with Gasteiger partial charge in [0.1, 0.15) is 5.76 Å². The van der Waals surface area contributed by atoms with Crippen molar-refractivity contribution in [3.8, 4) is 0 Å². The van der Waals surface area contributed by atoms with Gasteiger partial charge in [-0.25, -0.2) is 4.79 Å². The van der Waals surface area contributed by atoms with Crippen LogP contribution in [0.1, 0.15) is 40.3 Å². The highest BCUT2D eigenvalue weighted by molar-refractivity contribution is 6.24. The molecular weight excluding hydrogens is 444 g/mol. The van der Waals surface area contributed by atoms with Gasteiger partial charge in [-0.1, -0.05) is 42.5 Å². The first-order chi connectivity index (χ1) is 17.3. The summed E-state index contributed by atoms with van der Waals surface area (Å²) in [5.41, 5.74) is 13.9. The molecule has 0 unspecified atom stereocenters. The third kappa shape index (κ3) is 3.97. The van der Waals surface area contributed by atoms with E-state index >= 15 is 0 Å². The summed E-state index contributed by atoms with van der Waals surface area (Å²) in [5.74, 6) is 0.262. The Morgan fingerprint density at radius 3 is 2.31 bits per heavy atom. The highest BCUT2D eigenvalue weighted by Gasteiger charge is 2.32. The summed E-state index contributed by atoms with van der Waals surface area (Å²) in [4.78, 5) is 19.6. The lowest BCUT2D eigenvalue weighted by Crippen LogP contribution is -2.12. The number of likely N-dealkylation sites (N-methyl/N-ethyl adjacent to an activating group) is 1. The minimum absolute atomic E-state index is 0.320. The number of ether oxygens (including phenoxy) is 1. The average molecular weight is 477 g/mol. The Balaban J connectivity index is 1.28. The van der Waals surface area contributed by atoms with Gasteiger partial charge in [0.05, 0.1) is 17.0 Å². The van der Waals surface area contributed by atoms with E-state index in [1.165, 1.54) is 39.2 Å². The molecule has 2 aromatic carbocycles. The molecule has 2 aromatic rings. The van der Waals surface area contributed by atoms with Gasteiger partial charge in [0.15, 0.2) is 0 Å². The molecule has 0 saturated heterocycles. The zero-order chi connectivity index (χ0) is 25.6. The van der Waals surface area contributed by atoms with Crippen molar-refractivity contribution < 1.29 is 9.53 Å². The topological polar surface area (TPSA) is 41.9 Å². The molecule has 4 nitrogen and oxygen atoms in total. The number of cyclic esters (lactones) is 1. The predicted octanol–water partition coefficient (Wildman–Crippen LogP) is 6.99. The second kappa shape index (κ2) is 9.27. The number of hydrogen-bond acceptors (Lipinski definition) is 4. The Kier molecular flexibility index (Phi) is 6.13. The van der Waals surface area contributed by atoms with Crippen molar-refractivity contribution in [2.45, 2.75) is 47.5 Å². The Morgan fingerprint density at radius 1 is 0.861 bits per heavy atom. The molecule has 0 saturated carbocycles. The van der Waals surface area contributed by atoms with Gasteiger partial charge in [0, 0.05) is 36.8 Å². The molecule has 0 bridgehead atoms. The number of para-hydroxylation sites is 1. The largest absolute Gasteiger partial charge is 0.423 e. The number of anilines is 1. The summed E-state index contributed by atoms with van der Waals surface area (Å²) in [7, 11) is 2.15. The van der Waals surface area contributed by atoms with E-state index in [4.69, 9.17) is 4.74 Å². The average Bonchev–Trinajstić information content (AvgIpc) is 3.51. The Labute approximate surface area is 213 Å². The smallest absolute Gasteiger partial charge is 0.345 e. The van der Waals surface area contributed by atoms with Gasteiger partial charge in [-0.2, -0.15) is 0 Å². The molecule has 0 atom stereocenters. The summed E-state index contributed by atoms with van der Waals surface area (Å²) in [6, 6.07) is 7.99. The molecule has 0 fully saturated rings. The number of hydrogen-bond donors (Lipinski definition) is 0. The fraction of sp³-hybridized carbons (Fsp3) is 0.250. The molecule has 36 heavy (non-hydrogen) atoms. The van der Waals surface area contributed by atoms with Gasteiger partial charge in [-0.05, 0) is 86.2 Å². The van der Waals surface area contributed by atoms with Gasteiger partial charge in [-0.15, -0.1) is 0 Å². The van der Waals surface area contributed by atoms with Gasteiger partial charge >= 0.3 is 5.97 Å². The third-order valence-electron chi connectivity index (χ3n) is 7.82. The zero-order valence-corrected chi connectivity index (χ0v) is 21.9. The van der Waals surface area contributed by atoms with Gasteiger partial charge in [0.2, 0.25) is 0 Å². The molecule has 4 heteroatoms. The van der Waals surface area contributed by atoms with Crippen LogP contribution in [0, 0.1) is 27.7 Å². The molecule has 182 valence electrons. The summed E-state index contributed by atoms with van der Waals surface area (Å²) in [6.45, 7) is 10.8. The first-order valence-electron chi connectivity index (χ1n) is 12.4. The highest BCUT2D eigenvalue weighted by atomic mass is 16.5. The number of nitrogens with zero attached hydrogens (tertiary/aromatic N) is 2. The van der Waals surface area contributed by atoms with E-state index in [1.807, 2.05) is 49.4 Å². The van der Waals surface area contributed by atoms with Crippen LogP contribution >= 0.6 is 0 Å². The third-order valence-corrected chi connectivity index (χ3v) is 7.82. The molecule has 3 aliphatic rings. The van der Waals surface area contributed by atoms with Crippen LogP contribution in [-0.2, 0) is 22.4 Å². The minimum atomic E-state index is -0.320. The Morgan fingerprint density at radius 2 is 1.56 bits per heavy atom. The number of allylic oxidation sites excluding steroid dienone is 8. The standard InChI is InChI=1S/C32H32N2O2/c1-19-20(2)22(4)31-26(21(19)3)18-25(34(31)6)14-9-7-8-10-16-29-23(5)30(32(35)36-29)28-17-24-13-11-12-15-27(24)33-28/h7-16H,17-18H2,1-6H3. The maximum absolute atomic E-state index is 12.6. The van der Waals surface area contributed by atoms with E-state index in [2.05, 4.69) is 62.9 Å². The van der Waals surface area contributed by atoms with Crippen molar-refractivity contribution in [1.82, 2.24) is 0 Å². The number of rotatable bonds is 4. The fourth-order valence-electron chi connectivity index (χ4n) is 5.37. The van der Waals surface area contributed by atoms with Crippen LogP contribution in [0.5, 0.6) is 0 Å². The molecule has 0 aliphatic carbocycles. The van der Waals surface area contributed by atoms with Gasteiger partial charge in [0.25, 0.3) is 0 Å². The highest BCUT2D eigenvalue weighted by Crippen LogP contribution is 2.41. The van der Waals surface area contributed by atoms with Crippen LogP contribution in [-0.4, -0.2) is 18.7 Å². The minimum Gasteiger partial charge on any atom is -0.423 e. The summed E-state index contributed by atoms with van der Waals surface area (Å²) >= 11 is 0. The van der Waals surface area contributed by atoms with E-state index in [0.717, 1.165) is 29.0 Å². The van der Waals surface area contributed by atoms with E-state index in [1.54, 1.807) is 0 Å². The summed E-state index contributed by atoms with van der Waals surface area (Å²) in [6.07, 6.45) is 13.6. The monoisotopic (exact) mass is 476 g/mol. The van der Waals surface area contributed by atoms with E-state index < -0.39 is 0 Å². The lowest BCUT2D eigenvalue weighted by atomic mass is 9.92. The van der Waals surface area contributed by atoms with Gasteiger partial charge in [-0.3, -0.25) is 4.99 Å². The number of carbonyl (C=O) groups is 1. The maximum atomic E-state index is 12.6. The quantitative estimate of drug-likeness (QED) is 0.353. The van der Waals surface area contributed by atoms with E-state index in [9.17, 15) is 4.79 Å². The second-order valence-corrected chi connectivity index (χ2v) is 9.78. The maximum Gasteiger partial charge on any atom is 0.345 e. The van der Waals surface area contributed by atoms with Crippen LogP contribution < -0.4 is 4.90 Å². The normalized spacial score (nSPS) is 19.3. The van der Waals surface area contributed by atoms with Crippen LogP contribution in [0.25, 0.3) is 0 Å². The molecule has 0 radical (unpaired) electrons. The number of aliphatic imine (C=N–C) groups is 1. The lowest BCUT2D eigenvalue weighted by Gasteiger charge is -2.20. The molecule has 0 spiro atoms. The van der Waals surface area contributed by atoms with Crippen molar-refractivity contribution in [2.24, 2.45) is 4.99 Å². The molecule has 5 rings (SSSR count). The number of carbonyl (C=O) groups excluding carboxylic acids is 1. The number of benzene rings is 2. The van der Waals surface area contributed by atoms with E-state index in [-0.39, 0.29) is 5.97 Å². The van der Waals surface area contributed by atoms with Crippen molar-refractivity contribution in [1.29, 1.82) is 0 Å². The van der Waals surface area contributed by atoms with Crippen molar-refractivity contribution >= 4 is 23.1 Å². The van der Waals surface area contributed by atoms with Crippen LogP contribution in [0.15, 0.2) is 88.3 Å². The van der Waals surface area contributed by atoms with Crippen molar-refractivity contribution in [3.63, 3.8) is 0 Å². The number of fused-ring (bicyclic) bond motifs is 2. The van der Waals surface area contributed by atoms with Crippen molar-refractivity contribution in [2.75, 3.05) is 11.9 Å². The first-order valence-corrected chi connectivity index (χ1v) is 12.4. The molecule has 3 aliphatic heterocycles. The van der Waals surface area contributed by atoms with Crippen LogP contribution in [0.4, 0.5) is 11.4 Å². The second-order valence-electron chi connectivity index (χ2n) is 9.78. The van der Waals surface area contributed by atoms with Gasteiger partial charge < -0.3 is 9.64 Å². The van der Waals surface area contributed by atoms with E-state index in [0.29, 0.717) is 17.8 Å². The fourth-order valence-corrected chi connectivity index (χ4v) is 5.37. The molecule has 0 amide bonds. The number of esters is 1. The lowest BCUT2D eigenvalue weighted by molar-refractivity contribution is -0.132. The first kappa shape index (κ1) is 23.8. The predicted molar refractivity (Wildman–Crippen MR) is 148 cm³/mol. The van der Waals surface area contributed by atoms with Crippen LogP contribution in [0.3, 0.4) is 0 Å².